The van der Waals surface area contributed by atoms with Gasteiger partial charge in [0.15, 0.2) is 11.4 Å². The van der Waals surface area contributed by atoms with Crippen LogP contribution in [0.4, 0.5) is 16.2 Å². The number of nitrogens with zero attached hydrogens (tertiary/aromatic N) is 2. The standard InChI is InChI=1S/C23H16N6O9/c30-15-13(21(34)35)26-17(28-19(15)32)9-3-1-5-11(7-9)24-23(38)25-12-6-2-4-10(8-12)18-27-14(22(36)37)16(31)20(33)29-18/h1-8,34-37H,(H2,24,25,38)(H,26,28,32)(H,27,29,33). The van der Waals surface area contributed by atoms with Gasteiger partial charge in [0.05, 0.1) is 0 Å². The summed E-state index contributed by atoms with van der Waals surface area (Å²) in [6.07, 6.45) is 0. The first-order valence-corrected chi connectivity index (χ1v) is 10.5. The van der Waals surface area contributed by atoms with Gasteiger partial charge in [-0.15, -0.1) is 0 Å². The number of hydrogen-bond donors (Lipinski definition) is 8. The number of amidine groups is 2. The van der Waals surface area contributed by atoms with E-state index in [1.807, 2.05) is 0 Å². The highest BCUT2D eigenvalue weighted by atomic mass is 16.5. The lowest BCUT2D eigenvalue weighted by Gasteiger charge is -2.17. The molecule has 0 bridgehead atoms. The summed E-state index contributed by atoms with van der Waals surface area (Å²) in [5, 5.41) is 46.7. The zero-order valence-corrected chi connectivity index (χ0v) is 18.8. The van der Waals surface area contributed by atoms with E-state index in [0.29, 0.717) is 0 Å². The lowest BCUT2D eigenvalue weighted by molar-refractivity contribution is -0.134. The first-order valence-electron chi connectivity index (χ1n) is 10.5. The number of benzene rings is 2. The minimum absolute atomic E-state index is 0.155. The zero-order chi connectivity index (χ0) is 27.6. The fraction of sp³-hybridized carbons (Fsp3) is 0. The van der Waals surface area contributed by atoms with E-state index in [1.165, 1.54) is 48.5 Å². The van der Waals surface area contributed by atoms with Crippen LogP contribution in [0.5, 0.6) is 0 Å². The van der Waals surface area contributed by atoms with Crippen LogP contribution in [0.1, 0.15) is 11.1 Å². The highest BCUT2D eigenvalue weighted by Crippen LogP contribution is 2.17. The Bertz CT molecular complexity index is 1430. The largest absolute Gasteiger partial charge is 0.479 e. The number of aliphatic imine (C=N–C) groups is 2. The van der Waals surface area contributed by atoms with Gasteiger partial charge in [-0.25, -0.2) is 4.79 Å². The van der Waals surface area contributed by atoms with Crippen LogP contribution in [0.3, 0.4) is 0 Å². The average Bonchev–Trinajstić information content (AvgIpc) is 2.87. The molecule has 15 heteroatoms. The number of Topliss-reactive ketones (excluding diaryl/α,β-unsaturated/α-hetero) is 2. The third-order valence-corrected chi connectivity index (χ3v) is 4.99. The zero-order valence-electron chi connectivity index (χ0n) is 18.8. The maximum atomic E-state index is 12.6. The Morgan fingerprint density at radius 1 is 0.658 bits per heavy atom. The highest BCUT2D eigenvalue weighted by molar-refractivity contribution is 6.47. The molecule has 0 saturated heterocycles. The predicted molar refractivity (Wildman–Crippen MR) is 129 cm³/mol. The molecule has 2 aliphatic heterocycles. The Balaban J connectivity index is 1.49. The Labute approximate surface area is 211 Å². The number of urea groups is 1. The van der Waals surface area contributed by atoms with Gasteiger partial charge in [-0.05, 0) is 24.3 Å². The molecule has 0 atom stereocenters. The van der Waals surface area contributed by atoms with Crippen molar-refractivity contribution >= 4 is 52.5 Å². The molecule has 15 nitrogen and oxygen atoms in total. The van der Waals surface area contributed by atoms with E-state index < -0.39 is 52.7 Å². The molecule has 38 heavy (non-hydrogen) atoms. The number of aliphatic hydroxyl groups is 4. The highest BCUT2D eigenvalue weighted by Gasteiger charge is 2.31. The van der Waals surface area contributed by atoms with Crippen LogP contribution in [-0.4, -0.2) is 61.5 Å². The Morgan fingerprint density at radius 3 is 1.42 bits per heavy atom. The fourth-order valence-electron chi connectivity index (χ4n) is 3.30. The van der Waals surface area contributed by atoms with Crippen molar-refractivity contribution in [2.75, 3.05) is 10.6 Å². The Morgan fingerprint density at radius 2 is 1.05 bits per heavy atom. The molecular formula is C23H16N6O9. The molecule has 0 aliphatic carbocycles. The molecule has 4 rings (SSSR count). The van der Waals surface area contributed by atoms with Crippen LogP contribution in [0.25, 0.3) is 0 Å². The van der Waals surface area contributed by atoms with Crippen molar-refractivity contribution in [3.8, 4) is 0 Å². The Kier molecular flexibility index (Phi) is 6.57. The molecule has 2 heterocycles. The number of amides is 4. The first-order chi connectivity index (χ1) is 18.0. The van der Waals surface area contributed by atoms with E-state index in [0.717, 1.165) is 0 Å². The van der Waals surface area contributed by atoms with Gasteiger partial charge in [-0.2, -0.15) is 9.98 Å². The summed E-state index contributed by atoms with van der Waals surface area (Å²) >= 11 is 0. The van der Waals surface area contributed by atoms with E-state index in [9.17, 15) is 44.4 Å². The molecule has 192 valence electrons. The smallest absolute Gasteiger partial charge is 0.323 e. The van der Waals surface area contributed by atoms with Crippen molar-refractivity contribution in [3.63, 3.8) is 0 Å². The lowest BCUT2D eigenvalue weighted by atomic mass is 10.1. The monoisotopic (exact) mass is 520 g/mol. The van der Waals surface area contributed by atoms with Gasteiger partial charge in [-0.3, -0.25) is 19.2 Å². The van der Waals surface area contributed by atoms with E-state index in [-0.39, 0.29) is 34.2 Å². The summed E-state index contributed by atoms with van der Waals surface area (Å²) in [6.45, 7) is 0. The third-order valence-electron chi connectivity index (χ3n) is 4.99. The second kappa shape index (κ2) is 9.94. The molecular weight excluding hydrogens is 504 g/mol. The van der Waals surface area contributed by atoms with Gasteiger partial charge in [0.25, 0.3) is 11.6 Å². The molecule has 0 aromatic heterocycles. The molecule has 0 spiro atoms. The Hall–Kier alpha value is -5.99. The number of carbonyl (C=O) groups is 5. The topological polar surface area (TPSA) is 239 Å². The van der Waals surface area contributed by atoms with Gasteiger partial charge >= 0.3 is 29.7 Å². The summed E-state index contributed by atoms with van der Waals surface area (Å²) in [5.41, 5.74) is -0.535. The van der Waals surface area contributed by atoms with E-state index in [4.69, 9.17) is 0 Å². The molecule has 0 fully saturated rings. The number of carbonyl (C=O) groups excluding carboxylic acids is 5. The second-order valence-corrected chi connectivity index (χ2v) is 7.58. The summed E-state index contributed by atoms with van der Waals surface area (Å²) < 4.78 is 0. The van der Waals surface area contributed by atoms with E-state index in [1.54, 1.807) is 0 Å². The fourth-order valence-corrected chi connectivity index (χ4v) is 3.30. The molecule has 0 saturated carbocycles. The maximum Gasteiger partial charge on any atom is 0.323 e. The van der Waals surface area contributed by atoms with Crippen molar-refractivity contribution in [1.29, 1.82) is 0 Å². The van der Waals surface area contributed by atoms with Gasteiger partial charge in [0.1, 0.15) is 11.7 Å². The molecule has 2 aromatic carbocycles. The van der Waals surface area contributed by atoms with Crippen LogP contribution >= 0.6 is 0 Å². The molecule has 2 aromatic rings. The van der Waals surface area contributed by atoms with Gasteiger partial charge in [-0.1, -0.05) is 24.3 Å². The van der Waals surface area contributed by atoms with E-state index in [2.05, 4.69) is 31.3 Å². The van der Waals surface area contributed by atoms with Gasteiger partial charge in [0, 0.05) is 22.5 Å². The number of aliphatic hydroxyl groups excluding tert-OH is 2. The molecule has 8 N–H and O–H groups in total. The predicted octanol–water partition coefficient (Wildman–Crippen LogP) is 0.792. The van der Waals surface area contributed by atoms with Crippen LogP contribution < -0.4 is 21.3 Å². The van der Waals surface area contributed by atoms with Crippen molar-refractivity contribution in [3.05, 3.63) is 82.9 Å². The summed E-state index contributed by atoms with van der Waals surface area (Å²) in [4.78, 5) is 66.7. The van der Waals surface area contributed by atoms with Crippen molar-refractivity contribution in [1.82, 2.24) is 10.6 Å². The van der Waals surface area contributed by atoms with Crippen LogP contribution in [-0.2, 0) is 19.2 Å². The number of hydrogen-bond acceptors (Lipinski definition) is 11. The molecule has 0 radical (unpaired) electrons. The summed E-state index contributed by atoms with van der Waals surface area (Å²) in [6, 6.07) is 11.1. The maximum absolute atomic E-state index is 12.6. The molecule has 0 unspecified atom stereocenters. The van der Waals surface area contributed by atoms with Gasteiger partial charge in [0.2, 0.25) is 0 Å². The number of anilines is 2. The number of ketones is 2. The average molecular weight is 520 g/mol. The van der Waals surface area contributed by atoms with Crippen LogP contribution in [0.15, 0.2) is 81.8 Å². The third kappa shape index (κ3) is 5.15. The summed E-state index contributed by atoms with van der Waals surface area (Å²) in [7, 11) is 0. The minimum atomic E-state index is -1.38. The quantitative estimate of drug-likeness (QED) is 0.159. The van der Waals surface area contributed by atoms with Gasteiger partial charge < -0.3 is 41.7 Å². The van der Waals surface area contributed by atoms with E-state index >= 15 is 0 Å². The first kappa shape index (κ1) is 25.1. The lowest BCUT2D eigenvalue weighted by Crippen LogP contribution is -2.38. The second-order valence-electron chi connectivity index (χ2n) is 7.58. The van der Waals surface area contributed by atoms with Crippen LogP contribution in [0, 0.1) is 0 Å². The number of nitrogens with one attached hydrogen (secondary N) is 4. The number of rotatable bonds is 4. The van der Waals surface area contributed by atoms with Crippen molar-refractivity contribution in [2.24, 2.45) is 9.98 Å². The molecule has 2 aliphatic rings. The SMILES string of the molecule is O=C(Nc1cccc(C2=NC(=O)C(=O)C(=C(O)O)N2)c1)Nc1cccc(C2=NC(=O)C(=O)C(=C(O)O)N2)c1. The van der Waals surface area contributed by atoms with Crippen LogP contribution in [0.2, 0.25) is 0 Å². The minimum Gasteiger partial charge on any atom is -0.479 e. The van der Waals surface area contributed by atoms with Crippen molar-refractivity contribution in [2.45, 2.75) is 0 Å². The molecule has 4 amide bonds. The van der Waals surface area contributed by atoms with Crippen molar-refractivity contribution < 1.29 is 44.4 Å². The normalized spacial score (nSPS) is 15.2. The summed E-state index contributed by atoms with van der Waals surface area (Å²) in [5.74, 6) is -7.95.